The van der Waals surface area contributed by atoms with E-state index in [1.54, 1.807) is 13.8 Å². The minimum absolute atomic E-state index is 0.182. The number of anilines is 2. The van der Waals surface area contributed by atoms with Crippen LogP contribution in [0.5, 0.6) is 0 Å². The molecule has 1 saturated carbocycles. The summed E-state index contributed by atoms with van der Waals surface area (Å²) in [4.78, 5) is 33.5. The van der Waals surface area contributed by atoms with Crippen molar-refractivity contribution in [3.8, 4) is 11.3 Å². The molecule has 3 aliphatic rings. The van der Waals surface area contributed by atoms with Gasteiger partial charge < -0.3 is 20.5 Å². The first kappa shape index (κ1) is 26.7. The van der Waals surface area contributed by atoms with Crippen LogP contribution in [0.3, 0.4) is 0 Å². The van der Waals surface area contributed by atoms with Gasteiger partial charge in [0.2, 0.25) is 5.91 Å². The van der Waals surface area contributed by atoms with E-state index in [-0.39, 0.29) is 11.8 Å². The van der Waals surface area contributed by atoms with Gasteiger partial charge in [0, 0.05) is 43.9 Å². The number of carbonyl (C=O) groups is 2. The van der Waals surface area contributed by atoms with Gasteiger partial charge in [-0.2, -0.15) is 0 Å². The Morgan fingerprint density at radius 1 is 1.08 bits per heavy atom. The number of allylic oxidation sites excluding steroid dienone is 2. The van der Waals surface area contributed by atoms with Crippen LogP contribution in [0.1, 0.15) is 64.4 Å². The van der Waals surface area contributed by atoms with Gasteiger partial charge in [-0.25, -0.2) is 9.97 Å². The molecule has 0 atom stereocenters. The third-order valence-electron chi connectivity index (χ3n) is 8.25. The SMILES string of the molecule is C=C(C)C(=O)Nc1ccc(-c2c(C3=CCCCC3)c3c(N)ncnc3n2C)cc1.CC(=O)N1CCC2(CC2)C1. The smallest absolute Gasteiger partial charge is 0.250 e. The van der Waals surface area contributed by atoms with E-state index < -0.39 is 0 Å². The maximum absolute atomic E-state index is 11.9. The highest BCUT2D eigenvalue weighted by atomic mass is 16.2. The van der Waals surface area contributed by atoms with Crippen LogP contribution < -0.4 is 11.1 Å². The fourth-order valence-corrected chi connectivity index (χ4v) is 5.73. The number of aromatic nitrogens is 3. The Kier molecular flexibility index (Phi) is 7.30. The Morgan fingerprint density at radius 3 is 2.38 bits per heavy atom. The van der Waals surface area contributed by atoms with E-state index in [1.807, 2.05) is 36.2 Å². The molecule has 0 unspecified atom stereocenters. The van der Waals surface area contributed by atoms with Crippen LogP contribution >= 0.6 is 0 Å². The molecule has 39 heavy (non-hydrogen) atoms. The summed E-state index contributed by atoms with van der Waals surface area (Å²) < 4.78 is 2.08. The molecule has 3 heterocycles. The van der Waals surface area contributed by atoms with Gasteiger partial charge >= 0.3 is 0 Å². The van der Waals surface area contributed by atoms with Gasteiger partial charge in [-0.05, 0) is 80.6 Å². The van der Waals surface area contributed by atoms with Crippen molar-refractivity contribution < 1.29 is 9.59 Å². The topological polar surface area (TPSA) is 106 Å². The lowest BCUT2D eigenvalue weighted by atomic mass is 9.90. The molecule has 0 bridgehead atoms. The van der Waals surface area contributed by atoms with E-state index in [2.05, 4.69) is 32.5 Å². The van der Waals surface area contributed by atoms with Crippen LogP contribution in [-0.2, 0) is 16.6 Å². The number of aryl methyl sites for hydroxylation is 1. The molecule has 2 aromatic heterocycles. The lowest BCUT2D eigenvalue weighted by molar-refractivity contribution is -0.128. The first-order chi connectivity index (χ1) is 18.7. The van der Waals surface area contributed by atoms with E-state index in [9.17, 15) is 9.59 Å². The molecule has 3 aromatic rings. The first-order valence-electron chi connectivity index (χ1n) is 13.8. The van der Waals surface area contributed by atoms with Crippen molar-refractivity contribution in [2.45, 2.75) is 58.8 Å². The Labute approximate surface area is 230 Å². The summed E-state index contributed by atoms with van der Waals surface area (Å²) >= 11 is 0. The second-order valence-corrected chi connectivity index (χ2v) is 11.2. The molecule has 2 amide bonds. The predicted molar refractivity (Wildman–Crippen MR) is 157 cm³/mol. The Bertz CT molecular complexity index is 1460. The molecule has 204 valence electrons. The second-order valence-electron chi connectivity index (χ2n) is 11.2. The third kappa shape index (κ3) is 5.46. The van der Waals surface area contributed by atoms with Crippen molar-refractivity contribution in [1.82, 2.24) is 19.4 Å². The van der Waals surface area contributed by atoms with Gasteiger partial charge in [-0.15, -0.1) is 0 Å². The molecule has 8 heteroatoms. The van der Waals surface area contributed by atoms with Crippen molar-refractivity contribution in [3.63, 3.8) is 0 Å². The van der Waals surface area contributed by atoms with Crippen molar-refractivity contribution in [2.75, 3.05) is 24.1 Å². The summed E-state index contributed by atoms with van der Waals surface area (Å²) in [5.74, 6) is 0.575. The van der Waals surface area contributed by atoms with Crippen molar-refractivity contribution >= 4 is 39.9 Å². The van der Waals surface area contributed by atoms with Crippen molar-refractivity contribution in [1.29, 1.82) is 0 Å². The molecule has 8 nitrogen and oxygen atoms in total. The monoisotopic (exact) mass is 526 g/mol. The third-order valence-corrected chi connectivity index (χ3v) is 8.25. The molecule has 1 spiro atoms. The molecule has 2 aliphatic carbocycles. The highest BCUT2D eigenvalue weighted by molar-refractivity contribution is 6.05. The first-order valence-corrected chi connectivity index (χ1v) is 13.8. The zero-order chi connectivity index (χ0) is 27.7. The van der Waals surface area contributed by atoms with Gasteiger partial charge in [0.25, 0.3) is 5.91 Å². The highest BCUT2D eigenvalue weighted by Crippen LogP contribution is 2.52. The van der Waals surface area contributed by atoms with Crippen LogP contribution in [0.4, 0.5) is 11.5 Å². The average Bonchev–Trinajstić information content (AvgIpc) is 3.44. The van der Waals surface area contributed by atoms with Gasteiger partial charge in [0.05, 0.1) is 11.1 Å². The quantitative estimate of drug-likeness (QED) is 0.424. The number of amides is 2. The summed E-state index contributed by atoms with van der Waals surface area (Å²) in [6.45, 7) is 9.09. The lowest BCUT2D eigenvalue weighted by Crippen LogP contribution is -2.25. The number of likely N-dealkylation sites (tertiary alicyclic amines) is 1. The molecule has 3 N–H and O–H groups in total. The summed E-state index contributed by atoms with van der Waals surface area (Å²) in [6, 6.07) is 7.83. The summed E-state index contributed by atoms with van der Waals surface area (Å²) in [5.41, 5.74) is 13.5. The predicted octanol–water partition coefficient (Wildman–Crippen LogP) is 5.71. The zero-order valence-corrected chi connectivity index (χ0v) is 23.2. The number of hydrogen-bond donors (Lipinski definition) is 2. The minimum atomic E-state index is -0.182. The lowest BCUT2D eigenvalue weighted by Gasteiger charge is -2.16. The van der Waals surface area contributed by atoms with E-state index in [4.69, 9.17) is 5.73 Å². The normalized spacial score (nSPS) is 17.4. The van der Waals surface area contributed by atoms with E-state index in [0.29, 0.717) is 16.8 Å². The number of nitrogen functional groups attached to an aromatic ring is 1. The summed E-state index contributed by atoms with van der Waals surface area (Å²) in [6.07, 6.45) is 12.3. The Morgan fingerprint density at radius 2 is 1.82 bits per heavy atom. The van der Waals surface area contributed by atoms with Gasteiger partial charge in [-0.3, -0.25) is 9.59 Å². The number of fused-ring (bicyclic) bond motifs is 1. The van der Waals surface area contributed by atoms with E-state index in [1.165, 1.54) is 44.0 Å². The standard InChI is InChI=1S/C23H25N5O.C8H13NO/c1-14(2)23(29)27-17-11-9-16(10-12-17)20-18(15-7-5-4-6-8-15)19-21(24)25-13-26-22(19)28(20)3;1-7(10)9-5-4-8(6-9)2-3-8/h7,9-13H,1,4-6,8H2,2-3H3,(H,27,29)(H2,24,25,26);2-6H2,1H3. The number of nitrogens with one attached hydrogen (secondary N) is 1. The molecular weight excluding hydrogens is 488 g/mol. The number of benzene rings is 1. The largest absolute Gasteiger partial charge is 0.383 e. The highest BCUT2D eigenvalue weighted by Gasteiger charge is 2.48. The van der Waals surface area contributed by atoms with E-state index in [0.717, 1.165) is 59.5 Å². The molecule has 0 radical (unpaired) electrons. The molecule has 1 saturated heterocycles. The Balaban J connectivity index is 0.000000257. The maximum Gasteiger partial charge on any atom is 0.250 e. The summed E-state index contributed by atoms with van der Waals surface area (Å²) in [7, 11) is 2.01. The van der Waals surface area contributed by atoms with E-state index >= 15 is 0 Å². The number of carbonyl (C=O) groups excluding carboxylic acids is 2. The Hall–Kier alpha value is -3.94. The van der Waals surface area contributed by atoms with Crippen LogP contribution in [0.15, 0.2) is 48.8 Å². The van der Waals surface area contributed by atoms with Crippen LogP contribution in [0, 0.1) is 5.41 Å². The van der Waals surface area contributed by atoms with Crippen molar-refractivity contribution in [3.05, 3.63) is 54.4 Å². The fourth-order valence-electron chi connectivity index (χ4n) is 5.73. The fraction of sp³-hybridized carbons (Fsp3) is 0.419. The van der Waals surface area contributed by atoms with Crippen LogP contribution in [0.25, 0.3) is 27.9 Å². The average molecular weight is 527 g/mol. The van der Waals surface area contributed by atoms with Gasteiger partial charge in [-0.1, -0.05) is 24.8 Å². The zero-order valence-electron chi connectivity index (χ0n) is 23.2. The van der Waals surface area contributed by atoms with Crippen molar-refractivity contribution in [2.24, 2.45) is 12.5 Å². The summed E-state index contributed by atoms with van der Waals surface area (Å²) in [5, 5.41) is 3.76. The molecular formula is C31H38N6O2. The van der Waals surface area contributed by atoms with Crippen LogP contribution in [-0.4, -0.2) is 44.3 Å². The maximum atomic E-state index is 11.9. The minimum Gasteiger partial charge on any atom is -0.383 e. The molecule has 6 rings (SSSR count). The number of hydrogen-bond acceptors (Lipinski definition) is 5. The second kappa shape index (κ2) is 10.7. The van der Waals surface area contributed by atoms with Crippen LogP contribution in [0.2, 0.25) is 0 Å². The molecule has 1 aromatic carbocycles. The number of rotatable bonds is 4. The molecule has 2 fully saturated rings. The molecule has 1 aliphatic heterocycles. The van der Waals surface area contributed by atoms with Gasteiger partial charge in [0.1, 0.15) is 17.8 Å². The number of nitrogens with zero attached hydrogens (tertiary/aromatic N) is 4. The number of nitrogens with two attached hydrogens (primary N) is 1. The van der Waals surface area contributed by atoms with Gasteiger partial charge in [0.15, 0.2) is 0 Å².